The second-order valence-electron chi connectivity index (χ2n) is 26.7. The van der Waals surface area contributed by atoms with Crippen molar-refractivity contribution in [1.29, 1.82) is 0 Å². The lowest BCUT2D eigenvalue weighted by Crippen LogP contribution is -2.35. The number of carboxylic acids is 2. The molecule has 0 radical (unpaired) electrons. The number of hydrogen-bond acceptors (Lipinski definition) is 16. The van der Waals surface area contributed by atoms with Gasteiger partial charge in [-0.05, 0) is 208 Å². The van der Waals surface area contributed by atoms with Crippen LogP contribution in [-0.4, -0.2) is 153 Å². The van der Waals surface area contributed by atoms with Crippen LogP contribution < -0.4 is 40.5 Å². The van der Waals surface area contributed by atoms with Gasteiger partial charge in [-0.15, -0.1) is 0 Å². The number of rotatable bonds is 40. The van der Waals surface area contributed by atoms with Crippen LogP contribution in [0.25, 0.3) is 34.4 Å². The van der Waals surface area contributed by atoms with Crippen LogP contribution in [0, 0.1) is 13.8 Å². The summed E-state index contributed by atoms with van der Waals surface area (Å²) in [5.41, 5.74) is 13.2. The average molecular weight is 1510 g/mol. The molecule has 0 fully saturated rings. The standard InChI is InChI=1S/2C42H53N5O6S/c1-4-6-23-52-24-25-53-38-14-9-32(10-15-38)33-11-18-40-35(26-33)27-34(8-7-21-46(40)22-19-43-29-41(48)49)42(50)45-36-12-16-39(17-13-36)54(51)30-37-28-44-31(3)47(37)20-5-2;1-4-6-23-52-24-25-53-37-14-9-32(10-15-37)33-11-18-39-35(26-33)27-34(8-7-21-46(39)22-19-43-28-41(48)49)42(50)45-36-12-16-38(17-13-36)54(51)29-40-31(3)44-30-47(40)20-5-2/h9-18,26-28,43H,4-8,19-25,29-30H2,1-3H3,(H,45,50)(H,48,49);9-18,26-27,30,43H,4-8,19-25,28-29H2,1-3H3,(H,45,50)(H,48,49)/b2*34-27+/t2*54-/m00/s1. The highest BCUT2D eigenvalue weighted by atomic mass is 32.2. The Morgan fingerprint density at radius 1 is 0.509 bits per heavy atom. The number of aliphatic carboxylic acids is 2. The predicted octanol–water partition coefficient (Wildman–Crippen LogP) is 14.1. The molecule has 8 aromatic rings. The third-order valence-corrected chi connectivity index (χ3v) is 21.2. The zero-order valence-corrected chi connectivity index (χ0v) is 64.9. The van der Waals surface area contributed by atoms with Crippen LogP contribution in [0.15, 0.2) is 167 Å². The summed E-state index contributed by atoms with van der Waals surface area (Å²) < 4.78 is 53.7. The summed E-state index contributed by atoms with van der Waals surface area (Å²) in [6.45, 7) is 21.1. The lowest BCUT2D eigenvalue weighted by atomic mass is 9.96. The number of carbonyl (C=O) groups excluding carboxylic acids is 2. The number of amides is 2. The maximum atomic E-state index is 13.8. The summed E-state index contributed by atoms with van der Waals surface area (Å²) in [7, 11) is -2.52. The Morgan fingerprint density at radius 2 is 0.963 bits per heavy atom. The van der Waals surface area contributed by atoms with Crippen LogP contribution in [0.2, 0.25) is 0 Å². The average Bonchev–Trinajstić information content (AvgIpc) is 1.11. The van der Waals surface area contributed by atoms with Crippen molar-refractivity contribution in [3.63, 3.8) is 0 Å². The normalized spacial score (nSPS) is 14.4. The van der Waals surface area contributed by atoms with Crippen LogP contribution in [0.5, 0.6) is 11.5 Å². The molecule has 10 rings (SSSR count). The van der Waals surface area contributed by atoms with E-state index in [1.54, 1.807) is 42.6 Å². The van der Waals surface area contributed by atoms with Crippen LogP contribution in [-0.2, 0) is 74.8 Å². The number of carboxylic acid groups (broad SMARTS) is 2. The zero-order valence-electron chi connectivity index (χ0n) is 63.3. The Bertz CT molecular complexity index is 4330. The van der Waals surface area contributed by atoms with E-state index >= 15 is 0 Å². The maximum Gasteiger partial charge on any atom is 0.317 e. The molecule has 108 heavy (non-hydrogen) atoms. The number of carbonyl (C=O) groups is 4. The number of unbranched alkanes of at least 4 members (excludes halogenated alkanes) is 2. The first kappa shape index (κ1) is 82.5. The van der Waals surface area contributed by atoms with Crippen molar-refractivity contribution >= 4 is 80.3 Å². The zero-order chi connectivity index (χ0) is 76.6. The van der Waals surface area contributed by atoms with E-state index in [0.29, 0.717) is 122 Å². The Hall–Kier alpha value is -9.56. The summed E-state index contributed by atoms with van der Waals surface area (Å²) in [5, 5.41) is 30.3. The lowest BCUT2D eigenvalue weighted by molar-refractivity contribution is -0.136. The molecule has 0 unspecified atom stereocenters. The van der Waals surface area contributed by atoms with Crippen molar-refractivity contribution in [2.24, 2.45) is 0 Å². The summed E-state index contributed by atoms with van der Waals surface area (Å²) in [6, 6.07) is 42.9. The summed E-state index contributed by atoms with van der Waals surface area (Å²) in [5.74, 6) is 1.07. The molecule has 2 atom stereocenters. The molecule has 24 heteroatoms. The van der Waals surface area contributed by atoms with Crippen LogP contribution in [0.3, 0.4) is 0 Å². The molecule has 6 aromatic carbocycles. The van der Waals surface area contributed by atoms with E-state index in [9.17, 15) is 27.6 Å². The van der Waals surface area contributed by atoms with Gasteiger partial charge >= 0.3 is 11.9 Å². The lowest BCUT2D eigenvalue weighted by Gasteiger charge is -2.29. The van der Waals surface area contributed by atoms with Gasteiger partial charge in [-0.3, -0.25) is 27.6 Å². The maximum absolute atomic E-state index is 13.8. The van der Waals surface area contributed by atoms with Gasteiger partial charge in [0.2, 0.25) is 0 Å². The SMILES string of the molecule is CCCCOCCOc1ccc(-c2ccc3c(c2)/C=C(/C(=O)Nc2ccc([S@@](=O)Cc4c(C)ncn4CCC)cc2)CCCN3CCNCC(=O)O)cc1.CCCCOCCOc1ccc(-c2ccc3c(c2)/C=C(/C(=O)Nc2ccc([S@@](=O)Cc4cnc(C)n4CCC)cc2)CCCN3CCNCC(=O)O)cc1. The molecule has 4 heterocycles. The molecule has 2 aliphatic heterocycles. The Kier molecular flexibility index (Phi) is 33.2. The fraction of sp³-hybridized carbons (Fsp3) is 0.405. The van der Waals surface area contributed by atoms with E-state index in [2.05, 4.69) is 114 Å². The number of fused-ring (bicyclic) bond motifs is 2. The van der Waals surface area contributed by atoms with E-state index in [0.717, 1.165) is 157 Å². The van der Waals surface area contributed by atoms with Gasteiger partial charge in [-0.1, -0.05) is 76.9 Å². The number of ether oxygens (including phenoxy) is 4. The molecular formula is C84H106N10O12S2. The fourth-order valence-corrected chi connectivity index (χ4v) is 15.1. The minimum Gasteiger partial charge on any atom is -0.491 e. The third kappa shape index (κ3) is 25.3. The number of anilines is 4. The second kappa shape index (κ2) is 43.4. The fourth-order valence-electron chi connectivity index (χ4n) is 12.7. The van der Waals surface area contributed by atoms with Crippen molar-refractivity contribution < 1.29 is 56.8 Å². The molecule has 0 spiro atoms. The number of aryl methyl sites for hydroxylation is 3. The first-order chi connectivity index (χ1) is 52.5. The smallest absolute Gasteiger partial charge is 0.317 e. The number of nitrogens with one attached hydrogen (secondary N) is 4. The van der Waals surface area contributed by atoms with Crippen molar-refractivity contribution in [2.45, 2.75) is 140 Å². The van der Waals surface area contributed by atoms with Crippen molar-refractivity contribution in [3.8, 4) is 33.8 Å². The summed E-state index contributed by atoms with van der Waals surface area (Å²) in [4.78, 5) is 64.4. The molecule has 0 aliphatic carbocycles. The largest absolute Gasteiger partial charge is 0.491 e. The van der Waals surface area contributed by atoms with E-state index in [-0.39, 0.29) is 24.9 Å². The van der Waals surface area contributed by atoms with Gasteiger partial charge in [0.15, 0.2) is 0 Å². The van der Waals surface area contributed by atoms with E-state index in [1.807, 2.05) is 93.0 Å². The van der Waals surface area contributed by atoms with Crippen LogP contribution >= 0.6 is 0 Å². The second-order valence-corrected chi connectivity index (χ2v) is 29.6. The Balaban J connectivity index is 0.000000249. The van der Waals surface area contributed by atoms with E-state index < -0.39 is 33.5 Å². The predicted molar refractivity (Wildman–Crippen MR) is 431 cm³/mol. The number of hydrogen-bond donors (Lipinski definition) is 6. The van der Waals surface area contributed by atoms with Gasteiger partial charge in [0, 0.05) is 115 Å². The molecule has 576 valence electrons. The topological polar surface area (TPSA) is 270 Å². The molecule has 6 N–H and O–H groups in total. The van der Waals surface area contributed by atoms with Gasteiger partial charge in [-0.25, -0.2) is 9.97 Å². The van der Waals surface area contributed by atoms with Gasteiger partial charge < -0.3 is 69.4 Å². The molecular weight excluding hydrogens is 1410 g/mol. The molecule has 2 amide bonds. The number of benzene rings is 6. The molecule has 0 saturated carbocycles. The van der Waals surface area contributed by atoms with Gasteiger partial charge in [0.1, 0.15) is 30.5 Å². The van der Waals surface area contributed by atoms with Crippen LogP contribution in [0.4, 0.5) is 22.7 Å². The highest BCUT2D eigenvalue weighted by Crippen LogP contribution is 2.36. The quantitative estimate of drug-likeness (QED) is 0.0195. The number of imidazole rings is 2. The Morgan fingerprint density at radius 3 is 1.41 bits per heavy atom. The first-order valence-corrected chi connectivity index (χ1v) is 40.4. The number of nitrogens with zero attached hydrogens (tertiary/aromatic N) is 6. The number of aromatic nitrogens is 4. The first-order valence-electron chi connectivity index (χ1n) is 37.8. The molecule has 0 saturated heterocycles. The van der Waals surface area contributed by atoms with E-state index in [4.69, 9.17) is 29.2 Å². The van der Waals surface area contributed by atoms with Gasteiger partial charge in [0.05, 0.1) is 82.8 Å². The van der Waals surface area contributed by atoms with Crippen molar-refractivity contribution in [1.82, 2.24) is 29.7 Å². The van der Waals surface area contributed by atoms with Crippen molar-refractivity contribution in [3.05, 3.63) is 191 Å². The summed E-state index contributed by atoms with van der Waals surface area (Å²) >= 11 is 0. The monoisotopic (exact) mass is 1510 g/mol. The summed E-state index contributed by atoms with van der Waals surface area (Å²) in [6.07, 6.45) is 16.4. The molecule has 22 nitrogen and oxygen atoms in total. The molecule has 2 aromatic heterocycles. The van der Waals surface area contributed by atoms with E-state index in [1.165, 1.54) is 0 Å². The van der Waals surface area contributed by atoms with Gasteiger partial charge in [-0.2, -0.15) is 0 Å². The minimum absolute atomic E-state index is 0.101. The highest BCUT2D eigenvalue weighted by molar-refractivity contribution is 7.84. The van der Waals surface area contributed by atoms with Crippen LogP contribution in [0.1, 0.15) is 126 Å². The Labute approximate surface area is 640 Å². The van der Waals surface area contributed by atoms with Crippen molar-refractivity contribution in [2.75, 3.05) is 112 Å². The molecule has 2 aliphatic rings. The highest BCUT2D eigenvalue weighted by Gasteiger charge is 2.23. The minimum atomic E-state index is -1.26. The third-order valence-electron chi connectivity index (χ3n) is 18.6. The van der Waals surface area contributed by atoms with Gasteiger partial charge in [0.25, 0.3) is 11.8 Å². The molecule has 0 bridgehead atoms.